The molecule has 5 nitrogen and oxygen atoms in total. The number of hydrogen-bond donors (Lipinski definition) is 0. The number of amides is 1. The molecule has 148 valence electrons. The smallest absolute Gasteiger partial charge is 0.349 e. The lowest BCUT2D eigenvalue weighted by atomic mass is 10.2. The molecule has 2 aliphatic rings. The first kappa shape index (κ1) is 19.2. The van der Waals surface area contributed by atoms with Crippen LogP contribution in [0.3, 0.4) is 0 Å². The molecule has 1 aromatic heterocycles. The predicted molar refractivity (Wildman–Crippen MR) is 110 cm³/mol. The van der Waals surface area contributed by atoms with Crippen LogP contribution in [0.1, 0.15) is 39.0 Å². The number of hydrogen-bond acceptors (Lipinski definition) is 5. The predicted octanol–water partition coefficient (Wildman–Crippen LogP) is 3.13. The Labute approximate surface area is 169 Å². The Morgan fingerprint density at radius 3 is 2.57 bits per heavy atom. The van der Waals surface area contributed by atoms with Crippen LogP contribution in [0.25, 0.3) is 0 Å². The van der Waals surface area contributed by atoms with Crippen LogP contribution in [-0.2, 0) is 28.9 Å². The van der Waals surface area contributed by atoms with Crippen molar-refractivity contribution in [1.82, 2.24) is 9.80 Å². The van der Waals surface area contributed by atoms with E-state index < -0.39 is 6.10 Å². The van der Waals surface area contributed by atoms with Gasteiger partial charge in [0.05, 0.1) is 0 Å². The van der Waals surface area contributed by atoms with Crippen molar-refractivity contribution in [2.24, 2.45) is 0 Å². The van der Waals surface area contributed by atoms with Gasteiger partial charge in [-0.3, -0.25) is 9.69 Å². The van der Waals surface area contributed by atoms with E-state index in [2.05, 4.69) is 17.0 Å². The molecule has 0 N–H and O–H groups in total. The molecule has 1 aromatic carbocycles. The van der Waals surface area contributed by atoms with Crippen LogP contribution in [0.15, 0.2) is 36.4 Å². The molecular formula is C22H26N2O3S. The Bertz CT molecular complexity index is 819. The minimum absolute atomic E-state index is 0.100. The standard InChI is InChI=1S/C22H26N2O3S/c1-16(27-22(26)20-14-18-8-5-9-19(18)28-20)21(25)24-12-10-23(11-13-24)15-17-6-3-2-4-7-17/h2-4,6-7,14,16H,5,8-13,15H2,1H3. The van der Waals surface area contributed by atoms with Gasteiger partial charge in [0.2, 0.25) is 0 Å². The highest BCUT2D eigenvalue weighted by Crippen LogP contribution is 2.31. The number of carbonyl (C=O) groups excluding carboxylic acids is 2. The molecule has 4 rings (SSSR count). The van der Waals surface area contributed by atoms with Gasteiger partial charge >= 0.3 is 5.97 Å². The lowest BCUT2D eigenvalue weighted by Gasteiger charge is -2.35. The van der Waals surface area contributed by atoms with Gasteiger partial charge in [0.25, 0.3) is 5.91 Å². The van der Waals surface area contributed by atoms with E-state index in [-0.39, 0.29) is 11.9 Å². The zero-order chi connectivity index (χ0) is 19.5. The van der Waals surface area contributed by atoms with E-state index in [1.165, 1.54) is 33.8 Å². The first-order chi connectivity index (χ1) is 13.6. The van der Waals surface area contributed by atoms with Crippen LogP contribution < -0.4 is 0 Å². The minimum Gasteiger partial charge on any atom is -0.448 e. The monoisotopic (exact) mass is 398 g/mol. The average molecular weight is 399 g/mol. The number of ether oxygens (including phenoxy) is 1. The van der Waals surface area contributed by atoms with E-state index in [0.29, 0.717) is 18.0 Å². The van der Waals surface area contributed by atoms with Crippen LogP contribution in [0.5, 0.6) is 0 Å². The third kappa shape index (κ3) is 4.28. The Morgan fingerprint density at radius 1 is 1.11 bits per heavy atom. The molecule has 1 fully saturated rings. The maximum absolute atomic E-state index is 12.7. The fraction of sp³-hybridized carbons (Fsp3) is 0.455. The number of fused-ring (bicyclic) bond motifs is 1. The number of thiophene rings is 1. The van der Waals surface area contributed by atoms with Gasteiger partial charge in [-0.25, -0.2) is 4.79 Å². The second kappa shape index (κ2) is 8.45. The average Bonchev–Trinajstić information content (AvgIpc) is 3.31. The summed E-state index contributed by atoms with van der Waals surface area (Å²) in [6.07, 6.45) is 2.52. The van der Waals surface area contributed by atoms with E-state index in [4.69, 9.17) is 4.74 Å². The second-order valence-corrected chi connectivity index (χ2v) is 8.68. The number of aryl methyl sites for hydroxylation is 2. The number of rotatable bonds is 5. The lowest BCUT2D eigenvalue weighted by Crippen LogP contribution is -2.51. The summed E-state index contributed by atoms with van der Waals surface area (Å²) in [6, 6.07) is 12.3. The van der Waals surface area contributed by atoms with Crippen molar-refractivity contribution in [1.29, 1.82) is 0 Å². The van der Waals surface area contributed by atoms with Gasteiger partial charge in [-0.15, -0.1) is 11.3 Å². The maximum Gasteiger partial charge on any atom is 0.349 e. The van der Waals surface area contributed by atoms with E-state index in [0.717, 1.165) is 32.5 Å². The van der Waals surface area contributed by atoms with Gasteiger partial charge in [0.15, 0.2) is 6.10 Å². The molecule has 1 amide bonds. The third-order valence-corrected chi connectivity index (χ3v) is 6.73. The van der Waals surface area contributed by atoms with E-state index >= 15 is 0 Å². The van der Waals surface area contributed by atoms with Gasteiger partial charge in [-0.2, -0.15) is 0 Å². The summed E-state index contributed by atoms with van der Waals surface area (Å²) in [5, 5.41) is 0. The lowest BCUT2D eigenvalue weighted by molar-refractivity contribution is -0.141. The SMILES string of the molecule is CC(OC(=O)c1cc2c(s1)CCC2)C(=O)N1CCN(Cc2ccccc2)CC1. The third-order valence-electron chi connectivity index (χ3n) is 5.51. The Kier molecular flexibility index (Phi) is 5.78. The Morgan fingerprint density at radius 2 is 1.86 bits per heavy atom. The molecule has 1 saturated heterocycles. The number of esters is 1. The summed E-state index contributed by atoms with van der Waals surface area (Å²) in [5.74, 6) is -0.472. The molecule has 0 saturated carbocycles. The highest BCUT2D eigenvalue weighted by Gasteiger charge is 2.28. The van der Waals surface area contributed by atoms with Crippen LogP contribution in [0.2, 0.25) is 0 Å². The molecular weight excluding hydrogens is 372 g/mol. The Balaban J connectivity index is 1.26. The Hall–Kier alpha value is -2.18. The molecule has 1 atom stereocenters. The largest absolute Gasteiger partial charge is 0.448 e. The normalized spacial score (nSPS) is 18.0. The van der Waals surface area contributed by atoms with Gasteiger partial charge in [-0.1, -0.05) is 30.3 Å². The van der Waals surface area contributed by atoms with Crippen molar-refractivity contribution < 1.29 is 14.3 Å². The number of nitrogens with zero attached hydrogens (tertiary/aromatic N) is 2. The molecule has 0 radical (unpaired) electrons. The van der Waals surface area contributed by atoms with Gasteiger partial charge in [0, 0.05) is 37.6 Å². The highest BCUT2D eigenvalue weighted by molar-refractivity contribution is 7.14. The first-order valence-electron chi connectivity index (χ1n) is 9.98. The zero-order valence-electron chi connectivity index (χ0n) is 16.2. The molecule has 0 spiro atoms. The van der Waals surface area contributed by atoms with E-state index in [9.17, 15) is 9.59 Å². The van der Waals surface area contributed by atoms with Crippen LogP contribution >= 0.6 is 11.3 Å². The maximum atomic E-state index is 12.7. The molecule has 2 heterocycles. The minimum atomic E-state index is -0.745. The molecule has 6 heteroatoms. The van der Waals surface area contributed by atoms with Crippen molar-refractivity contribution in [3.05, 3.63) is 57.3 Å². The molecule has 1 aliphatic heterocycles. The number of carbonyl (C=O) groups is 2. The quantitative estimate of drug-likeness (QED) is 0.726. The summed E-state index contributed by atoms with van der Waals surface area (Å²) >= 11 is 1.51. The van der Waals surface area contributed by atoms with Crippen molar-refractivity contribution in [3.63, 3.8) is 0 Å². The fourth-order valence-corrected chi connectivity index (χ4v) is 5.06. The number of benzene rings is 1. The topological polar surface area (TPSA) is 49.9 Å². The summed E-state index contributed by atoms with van der Waals surface area (Å²) in [6.45, 7) is 5.58. The molecule has 0 bridgehead atoms. The second-order valence-electron chi connectivity index (χ2n) is 7.55. The summed E-state index contributed by atoms with van der Waals surface area (Å²) < 4.78 is 5.48. The summed E-state index contributed by atoms with van der Waals surface area (Å²) in [4.78, 5) is 31.2. The summed E-state index contributed by atoms with van der Waals surface area (Å²) in [5.41, 5.74) is 2.55. The van der Waals surface area contributed by atoms with Crippen molar-refractivity contribution >= 4 is 23.2 Å². The fourth-order valence-electron chi connectivity index (χ4n) is 3.92. The van der Waals surface area contributed by atoms with E-state index in [1.54, 1.807) is 6.92 Å². The molecule has 2 aromatic rings. The van der Waals surface area contributed by atoms with E-state index in [1.807, 2.05) is 29.2 Å². The van der Waals surface area contributed by atoms with Crippen molar-refractivity contribution in [2.45, 2.75) is 38.8 Å². The van der Waals surface area contributed by atoms with Crippen molar-refractivity contribution in [3.8, 4) is 0 Å². The van der Waals surface area contributed by atoms with Crippen molar-refractivity contribution in [2.75, 3.05) is 26.2 Å². The van der Waals surface area contributed by atoms with Gasteiger partial charge in [-0.05, 0) is 43.4 Å². The first-order valence-corrected chi connectivity index (χ1v) is 10.8. The molecule has 1 unspecified atom stereocenters. The number of piperazine rings is 1. The van der Waals surface area contributed by atoms with Crippen LogP contribution in [-0.4, -0.2) is 54.0 Å². The van der Waals surface area contributed by atoms with Gasteiger partial charge in [0.1, 0.15) is 4.88 Å². The van der Waals surface area contributed by atoms with Gasteiger partial charge < -0.3 is 9.64 Å². The highest BCUT2D eigenvalue weighted by atomic mass is 32.1. The molecule has 1 aliphatic carbocycles. The van der Waals surface area contributed by atoms with Crippen LogP contribution in [0, 0.1) is 0 Å². The molecule has 28 heavy (non-hydrogen) atoms. The zero-order valence-corrected chi connectivity index (χ0v) is 17.0. The summed E-state index contributed by atoms with van der Waals surface area (Å²) in [7, 11) is 0. The van der Waals surface area contributed by atoms with Crippen LogP contribution in [0.4, 0.5) is 0 Å².